The maximum atomic E-state index is 6.21. The van der Waals surface area contributed by atoms with Crippen LogP contribution in [0.15, 0.2) is 99.8 Å². The summed E-state index contributed by atoms with van der Waals surface area (Å²) < 4.78 is 18.9. The molecule has 0 atom stereocenters. The highest BCUT2D eigenvalue weighted by molar-refractivity contribution is 14.1. The molecule has 2 N–H and O–H groups in total. The van der Waals surface area contributed by atoms with E-state index in [1.807, 2.05) is 72.8 Å². The Kier molecular flexibility index (Phi) is 9.96. The molecule has 5 rings (SSSR count). The second-order valence-electron chi connectivity index (χ2n) is 8.62. The molecule has 0 fully saturated rings. The highest BCUT2D eigenvalue weighted by Crippen LogP contribution is 2.30. The minimum Gasteiger partial charge on any atom is -0.497 e. The molecule has 0 unspecified atom stereocenters. The van der Waals surface area contributed by atoms with Gasteiger partial charge in [-0.25, -0.2) is 0 Å². The first-order valence-corrected chi connectivity index (χ1v) is 14.7. The number of rotatable bonds is 12. The van der Waals surface area contributed by atoms with E-state index in [1.54, 1.807) is 13.4 Å². The molecule has 208 valence electrons. The van der Waals surface area contributed by atoms with E-state index in [4.69, 9.17) is 13.9 Å². The summed E-state index contributed by atoms with van der Waals surface area (Å²) in [7, 11) is 1.62. The smallest absolute Gasteiger partial charge is 0.275 e. The van der Waals surface area contributed by atoms with Crippen molar-refractivity contribution in [3.05, 3.63) is 109 Å². The van der Waals surface area contributed by atoms with Crippen LogP contribution in [0.4, 0.5) is 23.5 Å². The molecule has 2 aromatic heterocycles. The van der Waals surface area contributed by atoms with Crippen LogP contribution in [0.3, 0.4) is 0 Å². The van der Waals surface area contributed by atoms with E-state index < -0.39 is 0 Å². The van der Waals surface area contributed by atoms with Gasteiger partial charge in [0.1, 0.15) is 23.9 Å². The lowest BCUT2D eigenvalue weighted by Gasteiger charge is -2.13. The van der Waals surface area contributed by atoms with Crippen molar-refractivity contribution in [3.8, 4) is 11.5 Å². The summed E-state index contributed by atoms with van der Waals surface area (Å²) in [4.78, 5) is 13.4. The average molecular weight is 773 g/mol. The molecule has 0 saturated carbocycles. The molecule has 0 aliphatic carbocycles. The van der Waals surface area contributed by atoms with E-state index >= 15 is 0 Å². The highest BCUT2D eigenvalue weighted by Gasteiger charge is 2.12. The van der Waals surface area contributed by atoms with Gasteiger partial charge in [-0.15, -0.1) is 5.11 Å². The molecular weight excluding hydrogens is 748 g/mol. The van der Waals surface area contributed by atoms with Crippen LogP contribution in [0.25, 0.3) is 0 Å². The van der Waals surface area contributed by atoms with Crippen LogP contribution in [0.2, 0.25) is 0 Å². The maximum absolute atomic E-state index is 6.21. The number of furan rings is 1. The number of aromatic nitrogens is 3. The average Bonchev–Trinajstić information content (AvgIpc) is 3.50. The zero-order chi connectivity index (χ0) is 28.4. The third-order valence-corrected chi connectivity index (χ3v) is 7.11. The topological polar surface area (TPSA) is 119 Å². The van der Waals surface area contributed by atoms with Gasteiger partial charge in [-0.3, -0.25) is 0 Å². The molecule has 0 bridgehead atoms. The standard InChI is InChI=1S/C29H25I2N7O3/c1-39-23-11-9-22(10-12-23)34-28-35-27(32-17-24-8-5-13-40-24)36-29(37-28)38-33-16-20-14-21(30)15-25(31)26(20)41-18-19-6-3-2-4-7-19/h2-15H,16-18H2,1H3,(H2,32,34,35,36,37). The van der Waals surface area contributed by atoms with Gasteiger partial charge in [0.2, 0.25) is 11.9 Å². The number of hydrogen-bond acceptors (Lipinski definition) is 10. The van der Waals surface area contributed by atoms with Gasteiger partial charge in [-0.1, -0.05) is 30.3 Å². The van der Waals surface area contributed by atoms with Crippen molar-refractivity contribution < 1.29 is 13.9 Å². The summed E-state index contributed by atoms with van der Waals surface area (Å²) in [5.41, 5.74) is 2.79. The zero-order valence-corrected chi connectivity index (χ0v) is 26.2. The van der Waals surface area contributed by atoms with E-state index in [0.717, 1.165) is 41.2 Å². The number of ether oxygens (including phenoxy) is 2. The lowest BCUT2D eigenvalue weighted by Crippen LogP contribution is -2.06. The zero-order valence-electron chi connectivity index (χ0n) is 21.9. The molecule has 10 nitrogen and oxygen atoms in total. The van der Waals surface area contributed by atoms with Crippen molar-refractivity contribution in [3.63, 3.8) is 0 Å². The Balaban J connectivity index is 1.35. The van der Waals surface area contributed by atoms with Gasteiger partial charge in [-0.05, 0) is 99.3 Å². The van der Waals surface area contributed by atoms with E-state index in [-0.39, 0.29) is 5.95 Å². The van der Waals surface area contributed by atoms with Crippen molar-refractivity contribution in [1.29, 1.82) is 0 Å². The van der Waals surface area contributed by atoms with Gasteiger partial charge in [0.15, 0.2) is 0 Å². The van der Waals surface area contributed by atoms with Crippen molar-refractivity contribution >= 4 is 68.7 Å². The first-order chi connectivity index (χ1) is 20.1. The first-order valence-electron chi connectivity index (χ1n) is 12.5. The van der Waals surface area contributed by atoms with E-state index in [2.05, 4.69) is 87.1 Å². The van der Waals surface area contributed by atoms with Gasteiger partial charge < -0.3 is 24.5 Å². The van der Waals surface area contributed by atoms with Crippen molar-refractivity contribution in [2.24, 2.45) is 10.2 Å². The summed E-state index contributed by atoms with van der Waals surface area (Å²) in [5, 5.41) is 15.1. The predicted molar refractivity (Wildman–Crippen MR) is 173 cm³/mol. The van der Waals surface area contributed by atoms with Crippen LogP contribution in [-0.2, 0) is 19.7 Å². The number of anilines is 3. The fourth-order valence-electron chi connectivity index (χ4n) is 3.72. The molecule has 12 heteroatoms. The molecule has 0 aliphatic rings. The van der Waals surface area contributed by atoms with Gasteiger partial charge in [0.25, 0.3) is 5.95 Å². The summed E-state index contributed by atoms with van der Waals surface area (Å²) in [6.45, 7) is 1.15. The molecule has 3 aromatic carbocycles. The number of azo groups is 1. The van der Waals surface area contributed by atoms with Crippen LogP contribution in [0, 0.1) is 7.14 Å². The SMILES string of the molecule is COc1ccc(Nc2nc(N=NCc3cc(I)cc(I)c3OCc3ccccc3)nc(NCc3ccco3)n2)cc1. The Morgan fingerprint density at radius 1 is 0.902 bits per heavy atom. The molecule has 2 heterocycles. The van der Waals surface area contributed by atoms with E-state index in [1.165, 1.54) is 0 Å². The largest absolute Gasteiger partial charge is 0.497 e. The van der Waals surface area contributed by atoms with Crippen LogP contribution < -0.4 is 20.1 Å². The number of methoxy groups -OCH3 is 1. The summed E-state index contributed by atoms with van der Waals surface area (Å²) >= 11 is 4.58. The summed E-state index contributed by atoms with van der Waals surface area (Å²) in [6.07, 6.45) is 1.62. The van der Waals surface area contributed by atoms with Crippen molar-refractivity contribution in [1.82, 2.24) is 15.0 Å². The lowest BCUT2D eigenvalue weighted by atomic mass is 10.2. The van der Waals surface area contributed by atoms with Crippen LogP contribution in [0.1, 0.15) is 16.9 Å². The molecule has 0 spiro atoms. The lowest BCUT2D eigenvalue weighted by molar-refractivity contribution is 0.300. The number of benzene rings is 3. The number of nitrogens with zero attached hydrogens (tertiary/aromatic N) is 5. The molecular formula is C29H25I2N7O3. The Labute approximate surface area is 264 Å². The van der Waals surface area contributed by atoms with Crippen LogP contribution in [0.5, 0.6) is 11.5 Å². The van der Waals surface area contributed by atoms with Crippen LogP contribution in [-0.4, -0.2) is 22.1 Å². The number of halogens is 2. The van der Waals surface area contributed by atoms with E-state index in [0.29, 0.717) is 31.6 Å². The normalized spacial score (nSPS) is 11.0. The monoisotopic (exact) mass is 773 g/mol. The molecule has 41 heavy (non-hydrogen) atoms. The van der Waals surface area contributed by atoms with Crippen molar-refractivity contribution in [2.45, 2.75) is 19.7 Å². The molecule has 0 amide bonds. The third-order valence-electron chi connectivity index (χ3n) is 5.68. The molecule has 0 radical (unpaired) electrons. The number of hydrogen-bond donors (Lipinski definition) is 2. The first kappa shape index (κ1) is 28.7. The molecule has 0 aliphatic heterocycles. The minimum absolute atomic E-state index is 0.157. The van der Waals surface area contributed by atoms with Gasteiger partial charge in [0, 0.05) is 14.8 Å². The van der Waals surface area contributed by atoms with Crippen LogP contribution >= 0.6 is 45.2 Å². The third kappa shape index (κ3) is 8.36. The maximum Gasteiger partial charge on any atom is 0.275 e. The summed E-state index contributed by atoms with van der Waals surface area (Å²) in [6, 6.07) is 25.3. The van der Waals surface area contributed by atoms with E-state index in [9.17, 15) is 0 Å². The second kappa shape index (κ2) is 14.2. The van der Waals surface area contributed by atoms with Crippen molar-refractivity contribution in [2.75, 3.05) is 17.7 Å². The Morgan fingerprint density at radius 2 is 1.71 bits per heavy atom. The quantitative estimate of drug-likeness (QED) is 0.0971. The Morgan fingerprint density at radius 3 is 2.46 bits per heavy atom. The number of nitrogens with one attached hydrogen (secondary N) is 2. The fourth-order valence-corrected chi connectivity index (χ4v) is 5.85. The molecule has 5 aromatic rings. The minimum atomic E-state index is 0.157. The summed E-state index contributed by atoms with van der Waals surface area (Å²) in [5.74, 6) is 3.08. The van der Waals surface area contributed by atoms with Gasteiger partial charge in [-0.2, -0.15) is 20.1 Å². The Bertz CT molecular complexity index is 1600. The second-order valence-corrected chi connectivity index (χ2v) is 11.0. The highest BCUT2D eigenvalue weighted by atomic mass is 127. The molecule has 0 saturated heterocycles. The van der Waals surface area contributed by atoms with Gasteiger partial charge in [0.05, 0.1) is 30.0 Å². The fraction of sp³-hybridized carbons (Fsp3) is 0.138. The van der Waals surface area contributed by atoms with Gasteiger partial charge >= 0.3 is 0 Å². The predicted octanol–water partition coefficient (Wildman–Crippen LogP) is 7.90. The Hall–Kier alpha value is -3.79.